The Kier molecular flexibility index (Phi) is 8.09. The van der Waals surface area contributed by atoms with Gasteiger partial charge < -0.3 is 14.6 Å². The SMILES string of the molecule is C=C1CCC(=O)N1OC(=O)C1CCN(C(=O)c2ccccc2C2=C3C=CC(=[N+](C)C)C=C3C(C)(C)c3cc(N(C)C)ccc32)CC1. The second kappa shape index (κ2) is 11.9. The molecule has 0 radical (unpaired) electrons. The molecule has 8 heteroatoms. The number of hydrogen-bond donors (Lipinski definition) is 0. The number of fused-ring (bicyclic) bond motifs is 2. The number of carbonyl (C=O) groups excluding carboxylic acids is 3. The van der Waals surface area contributed by atoms with Crippen molar-refractivity contribution in [2.24, 2.45) is 5.92 Å². The van der Waals surface area contributed by atoms with E-state index in [0.717, 1.165) is 38.7 Å². The highest BCUT2D eigenvalue weighted by Crippen LogP contribution is 2.51. The van der Waals surface area contributed by atoms with Crippen LogP contribution in [0.1, 0.15) is 66.6 Å². The molecule has 2 saturated heterocycles. The standard InChI is InChI=1S/C38H43N4O4/c1-24-12-17-34(43)42(24)46-37(45)25-18-20-41(21-19-25)36(44)29-11-9-8-10-28(29)35-30-15-13-26(39(4)5)22-32(30)38(2,3)33-23-27(40(6)7)14-16-31(33)35/h8-11,13-16,22-23,25H,1,12,17-21H2,2-7H3/q+1. The van der Waals surface area contributed by atoms with E-state index in [1.165, 1.54) is 11.1 Å². The average molecular weight is 620 g/mol. The maximum atomic E-state index is 14.3. The number of hydroxylamine groups is 2. The van der Waals surface area contributed by atoms with Gasteiger partial charge in [0, 0.05) is 62.4 Å². The first-order chi connectivity index (χ1) is 21.9. The molecule has 2 aromatic rings. The van der Waals surface area contributed by atoms with Crippen molar-refractivity contribution >= 4 is 34.8 Å². The number of piperidine rings is 1. The molecule has 0 saturated carbocycles. The van der Waals surface area contributed by atoms with E-state index in [4.69, 9.17) is 4.84 Å². The summed E-state index contributed by atoms with van der Waals surface area (Å²) < 4.78 is 2.12. The van der Waals surface area contributed by atoms with Crippen LogP contribution in [0.4, 0.5) is 5.69 Å². The zero-order chi connectivity index (χ0) is 32.9. The summed E-state index contributed by atoms with van der Waals surface area (Å²) in [6.45, 7) is 9.24. The Morgan fingerprint density at radius 2 is 1.72 bits per heavy atom. The Bertz CT molecular complexity index is 1760. The molecule has 4 aliphatic rings. The summed E-state index contributed by atoms with van der Waals surface area (Å²) in [5.74, 6) is -1.12. The number of rotatable bonds is 5. The first kappa shape index (κ1) is 31.3. The molecule has 2 fully saturated rings. The lowest BCUT2D eigenvalue weighted by Gasteiger charge is -2.40. The van der Waals surface area contributed by atoms with E-state index in [9.17, 15) is 14.4 Å². The summed E-state index contributed by atoms with van der Waals surface area (Å²) in [7, 11) is 8.22. The molecule has 2 aromatic carbocycles. The minimum atomic E-state index is -0.438. The van der Waals surface area contributed by atoms with Gasteiger partial charge in [0.05, 0.1) is 11.6 Å². The van der Waals surface area contributed by atoms with Gasteiger partial charge in [-0.05, 0) is 76.9 Å². The predicted molar refractivity (Wildman–Crippen MR) is 181 cm³/mol. The second-order valence-corrected chi connectivity index (χ2v) is 13.5. The van der Waals surface area contributed by atoms with Gasteiger partial charge in [0.2, 0.25) is 0 Å². The van der Waals surface area contributed by atoms with Gasteiger partial charge in [-0.25, -0.2) is 9.37 Å². The molecule has 0 atom stereocenters. The van der Waals surface area contributed by atoms with Crippen LogP contribution < -0.4 is 4.90 Å². The van der Waals surface area contributed by atoms with Crippen molar-refractivity contribution in [3.8, 4) is 0 Å². The van der Waals surface area contributed by atoms with Gasteiger partial charge in [0.1, 0.15) is 14.1 Å². The monoisotopic (exact) mass is 619 g/mol. The minimum absolute atomic E-state index is 0.0548. The van der Waals surface area contributed by atoms with Gasteiger partial charge in [-0.1, -0.05) is 44.7 Å². The Labute approximate surface area is 271 Å². The highest BCUT2D eigenvalue weighted by Gasteiger charge is 2.40. The molecule has 6 rings (SSSR count). The van der Waals surface area contributed by atoms with Crippen LogP contribution in [0.25, 0.3) is 5.57 Å². The van der Waals surface area contributed by atoms with Crippen molar-refractivity contribution < 1.29 is 23.8 Å². The first-order valence-electron chi connectivity index (χ1n) is 16.0. The number of allylic oxidation sites excluding steroid dienone is 6. The number of hydrogen-bond acceptors (Lipinski definition) is 5. The van der Waals surface area contributed by atoms with Crippen LogP contribution in [0.5, 0.6) is 0 Å². The Balaban J connectivity index is 1.35. The number of amides is 2. The molecule has 8 nitrogen and oxygen atoms in total. The van der Waals surface area contributed by atoms with E-state index < -0.39 is 5.97 Å². The number of benzene rings is 2. The normalized spacial score (nSPS) is 19.2. The molecular weight excluding hydrogens is 576 g/mol. The molecule has 0 aromatic heterocycles. The molecule has 0 unspecified atom stereocenters. The largest absolute Gasteiger partial charge is 0.378 e. The fraction of sp³-hybridized carbons (Fsp3) is 0.368. The van der Waals surface area contributed by atoms with E-state index in [2.05, 4.69) is 101 Å². The Morgan fingerprint density at radius 3 is 2.37 bits per heavy atom. The van der Waals surface area contributed by atoms with E-state index in [0.29, 0.717) is 50.0 Å². The maximum Gasteiger partial charge on any atom is 0.336 e. The van der Waals surface area contributed by atoms with Crippen molar-refractivity contribution in [1.29, 1.82) is 0 Å². The molecule has 0 N–H and O–H groups in total. The third-order valence-corrected chi connectivity index (χ3v) is 9.79. The van der Waals surface area contributed by atoms with Gasteiger partial charge in [-0.2, -0.15) is 0 Å². The molecule has 46 heavy (non-hydrogen) atoms. The number of nitrogens with zero attached hydrogens (tertiary/aromatic N) is 4. The van der Waals surface area contributed by atoms with Gasteiger partial charge in [-0.15, -0.1) is 5.06 Å². The Morgan fingerprint density at radius 1 is 1.00 bits per heavy atom. The summed E-state index contributed by atoms with van der Waals surface area (Å²) in [5, 5.41) is 1.04. The molecule has 0 bridgehead atoms. The van der Waals surface area contributed by atoms with Crippen LogP contribution in [0, 0.1) is 5.92 Å². The Hall–Kier alpha value is -4.72. The van der Waals surface area contributed by atoms with E-state index in [1.54, 1.807) is 0 Å². The average Bonchev–Trinajstić information content (AvgIpc) is 3.36. The van der Waals surface area contributed by atoms with Crippen molar-refractivity contribution in [3.63, 3.8) is 0 Å². The number of anilines is 1. The summed E-state index contributed by atoms with van der Waals surface area (Å²) in [6.07, 6.45) is 8.36. The molecule has 2 aliphatic carbocycles. The lowest BCUT2D eigenvalue weighted by atomic mass is 9.64. The third-order valence-electron chi connectivity index (χ3n) is 9.79. The van der Waals surface area contributed by atoms with Crippen LogP contribution in [0.3, 0.4) is 0 Å². The number of carbonyl (C=O) groups is 3. The lowest BCUT2D eigenvalue weighted by Crippen LogP contribution is -2.42. The smallest absolute Gasteiger partial charge is 0.336 e. The summed E-state index contributed by atoms with van der Waals surface area (Å²) in [5.41, 5.74) is 9.77. The van der Waals surface area contributed by atoms with Crippen LogP contribution >= 0.6 is 0 Å². The van der Waals surface area contributed by atoms with E-state index >= 15 is 0 Å². The fourth-order valence-corrected chi connectivity index (χ4v) is 6.96. The summed E-state index contributed by atoms with van der Waals surface area (Å²) >= 11 is 0. The number of likely N-dealkylation sites (tertiary alicyclic amines) is 1. The van der Waals surface area contributed by atoms with Crippen molar-refractivity contribution in [3.05, 3.63) is 106 Å². The zero-order valence-corrected chi connectivity index (χ0v) is 27.7. The van der Waals surface area contributed by atoms with Crippen LogP contribution in [-0.2, 0) is 19.8 Å². The molecule has 2 amide bonds. The lowest BCUT2D eigenvalue weighted by molar-refractivity contribution is -0.462. The van der Waals surface area contributed by atoms with E-state index in [1.807, 2.05) is 23.1 Å². The maximum absolute atomic E-state index is 14.3. The molecular formula is C38H43N4O4+. The molecule has 2 aliphatic heterocycles. The highest BCUT2D eigenvalue weighted by atomic mass is 16.7. The summed E-state index contributed by atoms with van der Waals surface area (Å²) in [4.78, 5) is 48.6. The van der Waals surface area contributed by atoms with E-state index in [-0.39, 0.29) is 23.1 Å². The molecule has 0 spiro atoms. The van der Waals surface area contributed by atoms with Crippen molar-refractivity contribution in [1.82, 2.24) is 9.96 Å². The van der Waals surface area contributed by atoms with Gasteiger partial charge in [0.25, 0.3) is 11.8 Å². The quantitative estimate of drug-likeness (QED) is 0.414. The minimum Gasteiger partial charge on any atom is -0.378 e. The van der Waals surface area contributed by atoms with Crippen molar-refractivity contribution in [2.75, 3.05) is 46.2 Å². The molecule has 2 heterocycles. The topological polar surface area (TPSA) is 73.2 Å². The van der Waals surface area contributed by atoms with Crippen LogP contribution in [0.2, 0.25) is 0 Å². The van der Waals surface area contributed by atoms with Gasteiger partial charge >= 0.3 is 5.97 Å². The second-order valence-electron chi connectivity index (χ2n) is 13.5. The zero-order valence-electron chi connectivity index (χ0n) is 27.7. The van der Waals surface area contributed by atoms with Crippen molar-refractivity contribution in [2.45, 2.75) is 44.9 Å². The van der Waals surface area contributed by atoms with Gasteiger partial charge in [-0.3, -0.25) is 9.59 Å². The molecule has 238 valence electrons. The predicted octanol–water partition coefficient (Wildman–Crippen LogP) is 5.50. The van der Waals surface area contributed by atoms with Crippen LogP contribution in [-0.4, -0.2) is 79.3 Å². The third kappa shape index (κ3) is 5.40. The first-order valence-corrected chi connectivity index (χ1v) is 16.0. The highest BCUT2D eigenvalue weighted by molar-refractivity contribution is 6.09. The van der Waals surface area contributed by atoms with Crippen LogP contribution in [0.15, 0.2) is 84.1 Å². The summed E-state index contributed by atoms with van der Waals surface area (Å²) in [6, 6.07) is 14.5. The van der Waals surface area contributed by atoms with Gasteiger partial charge in [0.15, 0.2) is 5.71 Å². The fourth-order valence-electron chi connectivity index (χ4n) is 6.96.